The molecule has 1 amide bonds. The van der Waals surface area contributed by atoms with Gasteiger partial charge in [0.15, 0.2) is 0 Å². The zero-order valence-electron chi connectivity index (χ0n) is 22.8. The predicted octanol–water partition coefficient (Wildman–Crippen LogP) is 5.67. The minimum atomic E-state index is -0.977. The molecule has 1 aromatic heterocycles. The van der Waals surface area contributed by atoms with Gasteiger partial charge in [-0.25, -0.2) is 4.79 Å². The molecule has 0 saturated carbocycles. The number of nitrogens with zero attached hydrogens (tertiary/aromatic N) is 2. The van der Waals surface area contributed by atoms with Crippen LogP contribution in [0.5, 0.6) is 0 Å². The zero-order chi connectivity index (χ0) is 26.8. The maximum absolute atomic E-state index is 13.5. The summed E-state index contributed by atoms with van der Waals surface area (Å²) in [6, 6.07) is 22.4. The standard InChI is InChI=1S/C31H39N2O4/c1-7-28(25-15-13-24(14-16-25)26-19-22(2)33(36-6)23(3)20-26)32-18-17-31(37-29(32)34,21-30(4,5)35)27-11-9-8-10-12-27/h8-16,19-20,28,35H,7,17-18,21H2,1-6H3/q+1/t28-,31-/m0/s1. The number of pyridine rings is 1. The monoisotopic (exact) mass is 503 g/mol. The fourth-order valence-corrected chi connectivity index (χ4v) is 5.70. The summed E-state index contributed by atoms with van der Waals surface area (Å²) < 4.78 is 8.01. The number of aliphatic hydroxyl groups is 1. The van der Waals surface area contributed by atoms with Crippen LogP contribution >= 0.6 is 0 Å². The highest BCUT2D eigenvalue weighted by molar-refractivity contribution is 5.70. The van der Waals surface area contributed by atoms with E-state index in [1.54, 1.807) is 25.7 Å². The molecule has 6 heteroatoms. The Kier molecular flexibility index (Phi) is 7.60. The molecule has 1 N–H and O–H groups in total. The van der Waals surface area contributed by atoms with E-state index < -0.39 is 11.2 Å². The first kappa shape index (κ1) is 26.7. The Labute approximate surface area is 220 Å². The van der Waals surface area contributed by atoms with Gasteiger partial charge in [-0.15, -0.1) is 0 Å². The molecule has 0 unspecified atom stereocenters. The van der Waals surface area contributed by atoms with Gasteiger partial charge >= 0.3 is 6.09 Å². The average molecular weight is 504 g/mol. The minimum Gasteiger partial charge on any atom is -0.438 e. The Balaban J connectivity index is 1.57. The third-order valence-corrected chi connectivity index (χ3v) is 7.24. The quantitative estimate of drug-likeness (QED) is 0.403. The second kappa shape index (κ2) is 10.5. The van der Waals surface area contributed by atoms with Gasteiger partial charge in [0.25, 0.3) is 0 Å². The van der Waals surface area contributed by atoms with Crippen LogP contribution in [0.2, 0.25) is 0 Å². The number of ether oxygens (including phenoxy) is 1. The zero-order valence-corrected chi connectivity index (χ0v) is 22.8. The number of aryl methyl sites for hydroxylation is 2. The van der Waals surface area contributed by atoms with Crippen LogP contribution in [0.15, 0.2) is 66.7 Å². The second-order valence-corrected chi connectivity index (χ2v) is 10.7. The van der Waals surface area contributed by atoms with E-state index >= 15 is 0 Å². The van der Waals surface area contributed by atoms with Gasteiger partial charge < -0.3 is 14.7 Å². The molecular formula is C31H39N2O4+. The number of hydrogen-bond donors (Lipinski definition) is 1. The van der Waals surface area contributed by atoms with Crippen LogP contribution in [0.4, 0.5) is 4.79 Å². The SMILES string of the molecule is CC[C@@H](c1ccc(-c2cc(C)[n+](OC)c(C)c2)cc1)N1CC[C@](CC(C)(C)O)(c2ccccc2)OC1=O. The number of benzene rings is 2. The second-order valence-electron chi connectivity index (χ2n) is 10.7. The van der Waals surface area contributed by atoms with E-state index in [1.165, 1.54) is 0 Å². The van der Waals surface area contributed by atoms with E-state index in [1.807, 2.05) is 49.1 Å². The van der Waals surface area contributed by atoms with Gasteiger partial charge in [-0.3, -0.25) is 4.84 Å². The van der Waals surface area contributed by atoms with Gasteiger partial charge in [0.05, 0.1) is 11.6 Å². The van der Waals surface area contributed by atoms with Crippen LogP contribution in [0.3, 0.4) is 0 Å². The van der Waals surface area contributed by atoms with Crippen LogP contribution in [0.25, 0.3) is 11.1 Å². The maximum atomic E-state index is 13.5. The lowest BCUT2D eigenvalue weighted by Crippen LogP contribution is -2.51. The molecule has 2 heterocycles. The number of cyclic esters (lactones) is 1. The lowest BCUT2D eigenvalue weighted by atomic mass is 9.80. The lowest BCUT2D eigenvalue weighted by Gasteiger charge is -2.46. The van der Waals surface area contributed by atoms with Gasteiger partial charge in [0.1, 0.15) is 12.7 Å². The van der Waals surface area contributed by atoms with Crippen molar-refractivity contribution in [3.63, 3.8) is 0 Å². The first-order valence-corrected chi connectivity index (χ1v) is 13.0. The van der Waals surface area contributed by atoms with Gasteiger partial charge in [0, 0.05) is 50.1 Å². The summed E-state index contributed by atoms with van der Waals surface area (Å²) in [6.07, 6.45) is 1.39. The Morgan fingerprint density at radius 2 is 1.68 bits per heavy atom. The molecule has 1 saturated heterocycles. The summed E-state index contributed by atoms with van der Waals surface area (Å²) in [6.45, 7) is 10.2. The molecule has 4 rings (SSSR count). The van der Waals surface area contributed by atoms with E-state index in [2.05, 4.69) is 43.3 Å². The van der Waals surface area contributed by atoms with Gasteiger partial charge in [-0.1, -0.05) is 61.5 Å². The van der Waals surface area contributed by atoms with Gasteiger partial charge in [-0.2, -0.15) is 0 Å². The number of carbonyl (C=O) groups excluding carboxylic acids is 1. The number of amides is 1. The summed E-state index contributed by atoms with van der Waals surface area (Å²) in [5, 5.41) is 10.7. The normalized spacial score (nSPS) is 18.9. The smallest absolute Gasteiger partial charge is 0.411 e. The summed E-state index contributed by atoms with van der Waals surface area (Å²) in [4.78, 5) is 20.7. The highest BCUT2D eigenvalue weighted by Gasteiger charge is 2.46. The lowest BCUT2D eigenvalue weighted by molar-refractivity contribution is -0.893. The molecule has 0 bridgehead atoms. The van der Waals surface area contributed by atoms with E-state index in [-0.39, 0.29) is 12.1 Å². The van der Waals surface area contributed by atoms with Crippen molar-refractivity contribution >= 4 is 6.09 Å². The van der Waals surface area contributed by atoms with E-state index in [9.17, 15) is 9.90 Å². The summed E-state index contributed by atoms with van der Waals surface area (Å²) in [5.74, 6) is 0. The number of aromatic nitrogens is 1. The third-order valence-electron chi connectivity index (χ3n) is 7.24. The highest BCUT2D eigenvalue weighted by Crippen LogP contribution is 2.43. The van der Waals surface area contributed by atoms with Crippen LogP contribution in [0, 0.1) is 13.8 Å². The third kappa shape index (κ3) is 5.64. The molecule has 2 atom stereocenters. The van der Waals surface area contributed by atoms with E-state index in [0.29, 0.717) is 19.4 Å². The molecule has 1 aliphatic heterocycles. The molecule has 2 aromatic carbocycles. The van der Waals surface area contributed by atoms with Crippen molar-refractivity contribution in [3.05, 3.63) is 89.2 Å². The largest absolute Gasteiger partial charge is 0.438 e. The molecule has 0 spiro atoms. The fourth-order valence-electron chi connectivity index (χ4n) is 5.70. The highest BCUT2D eigenvalue weighted by atomic mass is 16.6. The molecule has 3 aromatic rings. The van der Waals surface area contributed by atoms with Crippen LogP contribution in [-0.4, -0.2) is 35.4 Å². The first-order valence-electron chi connectivity index (χ1n) is 13.0. The topological polar surface area (TPSA) is 62.9 Å². The van der Waals surface area contributed by atoms with Gasteiger partial charge in [0.2, 0.25) is 11.4 Å². The van der Waals surface area contributed by atoms with Crippen molar-refractivity contribution in [3.8, 4) is 11.1 Å². The molecular weight excluding hydrogens is 464 g/mol. The van der Waals surface area contributed by atoms with Crippen molar-refractivity contribution < 1.29 is 24.2 Å². The molecule has 1 aliphatic rings. The first-order chi connectivity index (χ1) is 17.6. The number of rotatable bonds is 8. The molecule has 0 radical (unpaired) electrons. The van der Waals surface area contributed by atoms with Gasteiger partial charge in [-0.05, 0) is 42.5 Å². The molecule has 37 heavy (non-hydrogen) atoms. The Morgan fingerprint density at radius 3 is 2.19 bits per heavy atom. The van der Waals surface area contributed by atoms with E-state index in [4.69, 9.17) is 9.57 Å². The van der Waals surface area contributed by atoms with Crippen molar-refractivity contribution in [1.29, 1.82) is 0 Å². The molecule has 1 fully saturated rings. The van der Waals surface area contributed by atoms with Crippen LogP contribution in [0.1, 0.15) is 68.6 Å². The van der Waals surface area contributed by atoms with E-state index in [0.717, 1.165) is 40.1 Å². The summed E-state index contributed by atoms with van der Waals surface area (Å²) in [5.41, 5.74) is 4.46. The molecule has 196 valence electrons. The molecule has 6 nitrogen and oxygen atoms in total. The fraction of sp³-hybridized carbons (Fsp3) is 0.419. The van der Waals surface area contributed by atoms with Crippen molar-refractivity contribution in [2.24, 2.45) is 0 Å². The Bertz CT molecular complexity index is 1210. The predicted molar refractivity (Wildman–Crippen MR) is 144 cm³/mol. The number of hydrogen-bond acceptors (Lipinski definition) is 4. The minimum absolute atomic E-state index is 0.0904. The van der Waals surface area contributed by atoms with Crippen LogP contribution in [-0.2, 0) is 10.3 Å². The Hall–Kier alpha value is -3.38. The molecule has 0 aliphatic carbocycles. The summed E-state index contributed by atoms with van der Waals surface area (Å²) >= 11 is 0. The average Bonchev–Trinajstić information content (AvgIpc) is 2.85. The van der Waals surface area contributed by atoms with Crippen LogP contribution < -0.4 is 9.57 Å². The van der Waals surface area contributed by atoms with Crippen molar-refractivity contribution in [1.82, 2.24) is 4.90 Å². The maximum Gasteiger partial charge on any atom is 0.411 e. The Morgan fingerprint density at radius 1 is 1.05 bits per heavy atom. The number of carbonyl (C=O) groups is 1. The summed E-state index contributed by atoms with van der Waals surface area (Å²) in [7, 11) is 1.67. The van der Waals surface area contributed by atoms with Crippen molar-refractivity contribution in [2.75, 3.05) is 13.7 Å². The van der Waals surface area contributed by atoms with Crippen molar-refractivity contribution in [2.45, 2.75) is 71.1 Å².